The minimum atomic E-state index is -0.0621. The van der Waals surface area contributed by atoms with Crippen LogP contribution in [0.3, 0.4) is 0 Å². The number of aromatic nitrogens is 2. The van der Waals surface area contributed by atoms with E-state index in [0.29, 0.717) is 21.7 Å². The average molecular weight is 297 g/mol. The molecule has 0 radical (unpaired) electrons. The number of hydrogen-bond donors (Lipinski definition) is 1. The molecule has 0 unspecified atom stereocenters. The molecule has 1 fully saturated rings. The van der Waals surface area contributed by atoms with E-state index in [1.807, 2.05) is 6.20 Å². The minimum absolute atomic E-state index is 0.0621. The van der Waals surface area contributed by atoms with E-state index in [-0.39, 0.29) is 6.61 Å². The first kappa shape index (κ1) is 13.0. The quantitative estimate of drug-likeness (QED) is 0.932. The van der Waals surface area contributed by atoms with Gasteiger partial charge in [-0.3, -0.25) is 0 Å². The molecule has 0 amide bonds. The maximum Gasteiger partial charge on any atom is 0.102 e. The number of halogens is 2. The second-order valence-corrected chi connectivity index (χ2v) is 5.63. The molecular formula is C14H14Cl2N2O. The molecule has 1 aromatic heterocycles. The van der Waals surface area contributed by atoms with Crippen LogP contribution < -0.4 is 0 Å². The number of para-hydroxylation sites is 1. The lowest BCUT2D eigenvalue weighted by Gasteiger charge is -2.25. The molecule has 1 saturated carbocycles. The largest absolute Gasteiger partial charge is 0.390 e. The van der Waals surface area contributed by atoms with Gasteiger partial charge in [0.15, 0.2) is 0 Å². The number of nitrogens with zero attached hydrogens (tertiary/aromatic N) is 2. The number of aliphatic hydroxyl groups excluding tert-OH is 1. The molecule has 1 aliphatic rings. The number of rotatable bonds is 3. The molecule has 5 heteroatoms. The Hall–Kier alpha value is -1.03. The molecule has 0 bridgehead atoms. The van der Waals surface area contributed by atoms with Crippen LogP contribution in [0.5, 0.6) is 0 Å². The van der Waals surface area contributed by atoms with E-state index in [0.717, 1.165) is 24.1 Å². The zero-order chi connectivity index (χ0) is 13.4. The molecule has 0 atom stereocenters. The predicted octanol–water partition coefficient (Wildman–Crippen LogP) is 3.94. The molecule has 0 aliphatic heterocycles. The second-order valence-electron chi connectivity index (χ2n) is 4.81. The highest BCUT2D eigenvalue weighted by Gasteiger charge is 2.26. The average Bonchev–Trinajstić information content (AvgIpc) is 2.70. The zero-order valence-corrected chi connectivity index (χ0v) is 11.8. The van der Waals surface area contributed by atoms with Gasteiger partial charge in [0.05, 0.1) is 28.5 Å². The summed E-state index contributed by atoms with van der Waals surface area (Å²) in [6.45, 7) is -0.0621. The Kier molecular flexibility index (Phi) is 3.52. The van der Waals surface area contributed by atoms with Gasteiger partial charge in [0.2, 0.25) is 0 Å². The van der Waals surface area contributed by atoms with Crippen molar-refractivity contribution in [3.05, 3.63) is 45.7 Å². The van der Waals surface area contributed by atoms with Crippen molar-refractivity contribution in [3.63, 3.8) is 0 Å². The van der Waals surface area contributed by atoms with E-state index in [1.165, 1.54) is 6.42 Å². The Bertz CT molecular complexity index is 585. The summed E-state index contributed by atoms with van der Waals surface area (Å²) in [6, 6.07) is 5.34. The van der Waals surface area contributed by atoms with E-state index in [2.05, 4.69) is 5.10 Å². The molecule has 2 aromatic rings. The molecular weight excluding hydrogens is 283 g/mol. The number of aliphatic hydroxyl groups is 1. The first-order chi connectivity index (χ1) is 9.22. The van der Waals surface area contributed by atoms with Crippen LogP contribution in [-0.2, 0) is 6.61 Å². The minimum Gasteiger partial charge on any atom is -0.390 e. The lowest BCUT2D eigenvalue weighted by molar-refractivity contribution is 0.269. The standard InChI is InChI=1S/C14H14Cl2N2O/c15-11-5-2-6-12(16)14(11)18-13(8-19)10(7-17-18)9-3-1-4-9/h2,5-7,9,19H,1,3-4,8H2. The van der Waals surface area contributed by atoms with Gasteiger partial charge in [-0.05, 0) is 36.5 Å². The van der Waals surface area contributed by atoms with Crippen LogP contribution in [0.25, 0.3) is 5.69 Å². The van der Waals surface area contributed by atoms with E-state index < -0.39 is 0 Å². The van der Waals surface area contributed by atoms with Gasteiger partial charge in [-0.2, -0.15) is 5.10 Å². The fraction of sp³-hybridized carbons (Fsp3) is 0.357. The van der Waals surface area contributed by atoms with Crippen LogP contribution in [0.1, 0.15) is 36.4 Å². The van der Waals surface area contributed by atoms with E-state index >= 15 is 0 Å². The van der Waals surface area contributed by atoms with Crippen molar-refractivity contribution in [2.75, 3.05) is 0 Å². The van der Waals surface area contributed by atoms with Gasteiger partial charge in [0.1, 0.15) is 5.69 Å². The van der Waals surface area contributed by atoms with Gasteiger partial charge in [0.25, 0.3) is 0 Å². The normalized spacial score (nSPS) is 15.5. The third-order valence-electron chi connectivity index (χ3n) is 3.75. The third kappa shape index (κ3) is 2.16. The first-order valence-electron chi connectivity index (χ1n) is 6.34. The Morgan fingerprint density at radius 1 is 1.26 bits per heavy atom. The van der Waals surface area contributed by atoms with Crippen molar-refractivity contribution >= 4 is 23.2 Å². The van der Waals surface area contributed by atoms with Crippen LogP contribution in [0.2, 0.25) is 10.0 Å². The molecule has 1 aromatic carbocycles. The first-order valence-corrected chi connectivity index (χ1v) is 7.10. The van der Waals surface area contributed by atoms with Gasteiger partial charge < -0.3 is 5.11 Å². The van der Waals surface area contributed by atoms with Gasteiger partial charge >= 0.3 is 0 Å². The fourth-order valence-corrected chi connectivity index (χ4v) is 3.05. The van der Waals surface area contributed by atoms with Crippen molar-refractivity contribution < 1.29 is 5.11 Å². The van der Waals surface area contributed by atoms with Crippen molar-refractivity contribution in [2.24, 2.45) is 0 Å². The summed E-state index contributed by atoms with van der Waals surface area (Å²) in [4.78, 5) is 0. The molecule has 0 spiro atoms. The SMILES string of the molecule is OCc1c(C2CCC2)cnn1-c1c(Cl)cccc1Cl. The maximum absolute atomic E-state index is 9.65. The topological polar surface area (TPSA) is 38.1 Å². The Morgan fingerprint density at radius 3 is 2.47 bits per heavy atom. The molecule has 1 aliphatic carbocycles. The highest BCUT2D eigenvalue weighted by molar-refractivity contribution is 6.37. The lowest BCUT2D eigenvalue weighted by atomic mass is 9.80. The van der Waals surface area contributed by atoms with Crippen molar-refractivity contribution in [3.8, 4) is 5.69 Å². The van der Waals surface area contributed by atoms with E-state index in [4.69, 9.17) is 23.2 Å². The summed E-state index contributed by atoms with van der Waals surface area (Å²) < 4.78 is 1.66. The monoisotopic (exact) mass is 296 g/mol. The van der Waals surface area contributed by atoms with Crippen LogP contribution >= 0.6 is 23.2 Å². The van der Waals surface area contributed by atoms with Gasteiger partial charge in [0, 0.05) is 0 Å². The summed E-state index contributed by atoms with van der Waals surface area (Å²) >= 11 is 12.4. The Balaban J connectivity index is 2.12. The zero-order valence-electron chi connectivity index (χ0n) is 10.3. The van der Waals surface area contributed by atoms with Crippen molar-refractivity contribution in [1.29, 1.82) is 0 Å². The molecule has 0 saturated heterocycles. The fourth-order valence-electron chi connectivity index (χ4n) is 2.49. The highest BCUT2D eigenvalue weighted by Crippen LogP contribution is 2.39. The second kappa shape index (κ2) is 5.16. The molecule has 3 nitrogen and oxygen atoms in total. The van der Waals surface area contributed by atoms with Gasteiger partial charge in [-0.25, -0.2) is 4.68 Å². The molecule has 1 heterocycles. The number of hydrogen-bond acceptors (Lipinski definition) is 2. The molecule has 1 N–H and O–H groups in total. The van der Waals surface area contributed by atoms with E-state index in [9.17, 15) is 5.11 Å². The van der Waals surface area contributed by atoms with Crippen molar-refractivity contribution in [1.82, 2.24) is 9.78 Å². The molecule has 3 rings (SSSR count). The van der Waals surface area contributed by atoms with Gasteiger partial charge in [-0.15, -0.1) is 0 Å². The summed E-state index contributed by atoms with van der Waals surface area (Å²) in [5, 5.41) is 15.1. The van der Waals surface area contributed by atoms with Gasteiger partial charge in [-0.1, -0.05) is 35.7 Å². The third-order valence-corrected chi connectivity index (χ3v) is 4.36. The highest BCUT2D eigenvalue weighted by atomic mass is 35.5. The van der Waals surface area contributed by atoms with E-state index in [1.54, 1.807) is 22.9 Å². The smallest absolute Gasteiger partial charge is 0.102 e. The lowest BCUT2D eigenvalue weighted by Crippen LogP contribution is -2.12. The summed E-state index contributed by atoms with van der Waals surface area (Å²) in [5.41, 5.74) is 2.55. The molecule has 19 heavy (non-hydrogen) atoms. The predicted molar refractivity (Wildman–Crippen MR) is 76.1 cm³/mol. The van der Waals surface area contributed by atoms with Crippen LogP contribution in [0, 0.1) is 0 Å². The number of benzene rings is 1. The summed E-state index contributed by atoms with van der Waals surface area (Å²) in [6.07, 6.45) is 5.40. The van der Waals surface area contributed by atoms with Crippen LogP contribution in [0.4, 0.5) is 0 Å². The summed E-state index contributed by atoms with van der Waals surface area (Å²) in [5.74, 6) is 0.511. The molecule has 100 valence electrons. The van der Waals surface area contributed by atoms with Crippen LogP contribution in [-0.4, -0.2) is 14.9 Å². The Morgan fingerprint density at radius 2 is 1.95 bits per heavy atom. The Labute approximate surface area is 121 Å². The van der Waals surface area contributed by atoms with Crippen molar-refractivity contribution in [2.45, 2.75) is 31.8 Å². The van der Waals surface area contributed by atoms with Crippen LogP contribution in [0.15, 0.2) is 24.4 Å². The summed E-state index contributed by atoms with van der Waals surface area (Å²) in [7, 11) is 0. The maximum atomic E-state index is 9.65.